The van der Waals surface area contributed by atoms with Gasteiger partial charge in [-0.05, 0) is 12.8 Å². The lowest BCUT2D eigenvalue weighted by molar-refractivity contribution is -0.138. The largest absolute Gasteiger partial charge is 0.384 e. The molecular formula is C8H17NO2. The highest BCUT2D eigenvalue weighted by Gasteiger charge is 2.14. The van der Waals surface area contributed by atoms with Crippen molar-refractivity contribution in [1.82, 2.24) is 4.90 Å². The Morgan fingerprint density at radius 1 is 1.45 bits per heavy atom. The summed E-state index contributed by atoms with van der Waals surface area (Å²) < 4.78 is 0. The summed E-state index contributed by atoms with van der Waals surface area (Å²) in [5, 5.41) is 8.91. The Bertz CT molecular complexity index is 132. The summed E-state index contributed by atoms with van der Waals surface area (Å²) in [5.74, 6) is 0.237. The second kappa shape index (κ2) is 4.34. The molecule has 1 N–H and O–H groups in total. The van der Waals surface area contributed by atoms with Gasteiger partial charge in [0.05, 0.1) is 0 Å². The molecule has 0 radical (unpaired) electrons. The van der Waals surface area contributed by atoms with Crippen LogP contribution < -0.4 is 0 Å². The normalized spacial score (nSPS) is 13.3. The van der Waals surface area contributed by atoms with Gasteiger partial charge in [-0.2, -0.15) is 0 Å². The van der Waals surface area contributed by atoms with Crippen LogP contribution in [0.5, 0.6) is 0 Å². The molecule has 66 valence electrons. The van der Waals surface area contributed by atoms with Gasteiger partial charge in [0.1, 0.15) is 6.10 Å². The van der Waals surface area contributed by atoms with Crippen LogP contribution in [-0.4, -0.2) is 35.6 Å². The van der Waals surface area contributed by atoms with E-state index in [1.54, 1.807) is 11.9 Å². The fourth-order valence-electron chi connectivity index (χ4n) is 0.957. The SMILES string of the molecule is CC(C)CN(C)C(=O)[C@H](C)O. The predicted molar refractivity (Wildman–Crippen MR) is 44.2 cm³/mol. The lowest BCUT2D eigenvalue weighted by Crippen LogP contribution is -2.36. The van der Waals surface area contributed by atoms with Crippen LogP contribution in [0.15, 0.2) is 0 Å². The number of likely N-dealkylation sites (N-methyl/N-ethyl adjacent to an activating group) is 1. The number of hydrogen-bond donors (Lipinski definition) is 1. The van der Waals surface area contributed by atoms with Gasteiger partial charge in [0, 0.05) is 13.6 Å². The molecule has 3 nitrogen and oxygen atoms in total. The minimum Gasteiger partial charge on any atom is -0.384 e. The summed E-state index contributed by atoms with van der Waals surface area (Å²) in [6, 6.07) is 0. The fourth-order valence-corrected chi connectivity index (χ4v) is 0.957. The molecule has 0 unspecified atom stereocenters. The van der Waals surface area contributed by atoms with Crippen LogP contribution >= 0.6 is 0 Å². The number of hydrogen-bond acceptors (Lipinski definition) is 2. The molecule has 11 heavy (non-hydrogen) atoms. The van der Waals surface area contributed by atoms with Crippen molar-refractivity contribution in [2.45, 2.75) is 26.9 Å². The zero-order valence-corrected chi connectivity index (χ0v) is 7.66. The van der Waals surface area contributed by atoms with Crippen LogP contribution in [0.1, 0.15) is 20.8 Å². The number of rotatable bonds is 3. The van der Waals surface area contributed by atoms with Crippen LogP contribution in [0, 0.1) is 5.92 Å². The van der Waals surface area contributed by atoms with Crippen molar-refractivity contribution < 1.29 is 9.90 Å². The molecule has 1 amide bonds. The maximum absolute atomic E-state index is 11.1. The van der Waals surface area contributed by atoms with E-state index in [0.29, 0.717) is 12.5 Å². The van der Waals surface area contributed by atoms with Gasteiger partial charge < -0.3 is 10.0 Å². The van der Waals surface area contributed by atoms with Crippen molar-refractivity contribution in [3.8, 4) is 0 Å². The Labute approximate surface area is 68.0 Å². The Hall–Kier alpha value is -0.570. The highest BCUT2D eigenvalue weighted by Crippen LogP contribution is 1.98. The predicted octanol–water partition coefficient (Wildman–Crippen LogP) is 0.482. The monoisotopic (exact) mass is 159 g/mol. The van der Waals surface area contributed by atoms with E-state index in [1.807, 2.05) is 13.8 Å². The first-order chi connectivity index (χ1) is 4.95. The van der Waals surface area contributed by atoms with E-state index >= 15 is 0 Å². The molecule has 0 spiro atoms. The third-order valence-electron chi connectivity index (χ3n) is 1.37. The average Bonchev–Trinajstić information content (AvgIpc) is 1.84. The second-order valence-electron chi connectivity index (χ2n) is 3.29. The van der Waals surface area contributed by atoms with E-state index in [-0.39, 0.29) is 5.91 Å². The number of nitrogens with zero attached hydrogens (tertiary/aromatic N) is 1. The van der Waals surface area contributed by atoms with Crippen molar-refractivity contribution >= 4 is 5.91 Å². The van der Waals surface area contributed by atoms with Crippen LogP contribution in [0.2, 0.25) is 0 Å². The summed E-state index contributed by atoms with van der Waals surface area (Å²) in [4.78, 5) is 12.6. The molecule has 0 bridgehead atoms. The van der Waals surface area contributed by atoms with Gasteiger partial charge in [-0.3, -0.25) is 4.79 Å². The maximum Gasteiger partial charge on any atom is 0.250 e. The maximum atomic E-state index is 11.1. The molecule has 0 rings (SSSR count). The highest BCUT2D eigenvalue weighted by molar-refractivity contribution is 5.79. The van der Waals surface area contributed by atoms with Crippen molar-refractivity contribution in [1.29, 1.82) is 0 Å². The van der Waals surface area contributed by atoms with E-state index in [1.165, 1.54) is 6.92 Å². The third-order valence-corrected chi connectivity index (χ3v) is 1.37. The number of aliphatic hydroxyl groups excluding tert-OH is 1. The Balaban J connectivity index is 3.83. The molecule has 0 aromatic carbocycles. The molecule has 3 heteroatoms. The summed E-state index contributed by atoms with van der Waals surface area (Å²) in [6.45, 7) is 6.25. The van der Waals surface area contributed by atoms with E-state index in [9.17, 15) is 4.79 Å². The topological polar surface area (TPSA) is 40.5 Å². The van der Waals surface area contributed by atoms with Crippen molar-refractivity contribution in [3.05, 3.63) is 0 Å². The van der Waals surface area contributed by atoms with E-state index in [0.717, 1.165) is 0 Å². The summed E-state index contributed by atoms with van der Waals surface area (Å²) in [5.41, 5.74) is 0. The van der Waals surface area contributed by atoms with Crippen LogP contribution in [0.4, 0.5) is 0 Å². The van der Waals surface area contributed by atoms with Crippen molar-refractivity contribution in [3.63, 3.8) is 0 Å². The summed E-state index contributed by atoms with van der Waals surface area (Å²) >= 11 is 0. The quantitative estimate of drug-likeness (QED) is 0.650. The lowest BCUT2D eigenvalue weighted by Gasteiger charge is -2.20. The third kappa shape index (κ3) is 3.98. The van der Waals surface area contributed by atoms with Crippen LogP contribution in [0.3, 0.4) is 0 Å². The van der Waals surface area contributed by atoms with Gasteiger partial charge in [0.15, 0.2) is 0 Å². The number of aliphatic hydroxyl groups is 1. The lowest BCUT2D eigenvalue weighted by atomic mass is 10.2. The van der Waals surface area contributed by atoms with Crippen molar-refractivity contribution in [2.75, 3.05) is 13.6 Å². The molecule has 0 fully saturated rings. The molecule has 0 saturated carbocycles. The molecule has 0 aliphatic heterocycles. The first kappa shape index (κ1) is 10.4. The van der Waals surface area contributed by atoms with E-state index in [4.69, 9.17) is 5.11 Å². The van der Waals surface area contributed by atoms with Gasteiger partial charge in [-0.1, -0.05) is 13.8 Å². The summed E-state index contributed by atoms with van der Waals surface area (Å²) in [7, 11) is 1.70. The van der Waals surface area contributed by atoms with E-state index < -0.39 is 6.10 Å². The molecule has 0 aliphatic rings. The Morgan fingerprint density at radius 2 is 1.91 bits per heavy atom. The zero-order chi connectivity index (χ0) is 9.02. The smallest absolute Gasteiger partial charge is 0.250 e. The van der Waals surface area contributed by atoms with Gasteiger partial charge >= 0.3 is 0 Å². The van der Waals surface area contributed by atoms with Crippen molar-refractivity contribution in [2.24, 2.45) is 5.92 Å². The standard InChI is InChI=1S/C8H17NO2/c1-6(2)5-9(4)8(11)7(3)10/h6-7,10H,5H2,1-4H3/t7-/m0/s1. The molecular weight excluding hydrogens is 142 g/mol. The molecule has 1 atom stereocenters. The number of amides is 1. The van der Waals surface area contributed by atoms with Gasteiger partial charge in [0.25, 0.3) is 5.91 Å². The van der Waals surface area contributed by atoms with Crippen LogP contribution in [0.25, 0.3) is 0 Å². The molecule has 0 heterocycles. The summed E-state index contributed by atoms with van der Waals surface area (Å²) in [6.07, 6.45) is -0.876. The molecule has 0 aromatic heterocycles. The Kier molecular flexibility index (Phi) is 4.11. The number of carbonyl (C=O) groups excluding carboxylic acids is 1. The van der Waals surface area contributed by atoms with E-state index in [2.05, 4.69) is 0 Å². The minimum atomic E-state index is -0.876. The average molecular weight is 159 g/mol. The fraction of sp³-hybridized carbons (Fsp3) is 0.875. The second-order valence-corrected chi connectivity index (χ2v) is 3.29. The molecule has 0 aliphatic carbocycles. The van der Waals surface area contributed by atoms with Gasteiger partial charge in [-0.25, -0.2) is 0 Å². The van der Waals surface area contributed by atoms with Gasteiger partial charge in [0.2, 0.25) is 0 Å². The van der Waals surface area contributed by atoms with Gasteiger partial charge in [-0.15, -0.1) is 0 Å². The van der Waals surface area contributed by atoms with Crippen LogP contribution in [-0.2, 0) is 4.79 Å². The molecule has 0 aromatic rings. The highest BCUT2D eigenvalue weighted by atomic mass is 16.3. The zero-order valence-electron chi connectivity index (χ0n) is 7.66. The number of carbonyl (C=O) groups is 1. The first-order valence-corrected chi connectivity index (χ1v) is 3.88. The Morgan fingerprint density at radius 3 is 2.18 bits per heavy atom. The minimum absolute atomic E-state index is 0.210. The molecule has 0 saturated heterocycles. The first-order valence-electron chi connectivity index (χ1n) is 3.88.